The number of allylic oxidation sites excluding steroid dienone is 2. The van der Waals surface area contributed by atoms with Crippen molar-refractivity contribution in [3.63, 3.8) is 0 Å². The highest BCUT2D eigenvalue weighted by Gasteiger charge is 2.51. The first-order valence-corrected chi connectivity index (χ1v) is 8.39. The lowest BCUT2D eigenvalue weighted by Gasteiger charge is -2.33. The van der Waals surface area contributed by atoms with Gasteiger partial charge in [-0.1, -0.05) is 12.2 Å². The summed E-state index contributed by atoms with van der Waals surface area (Å²) < 4.78 is 21.6. The summed E-state index contributed by atoms with van der Waals surface area (Å²) in [5.41, 5.74) is -1.12. The van der Waals surface area contributed by atoms with E-state index in [0.717, 1.165) is 12.8 Å². The number of carbonyl (C=O) groups excluding carboxylic acids is 1. The fraction of sp³-hybridized carbons (Fsp3) is 0.800. The fourth-order valence-corrected chi connectivity index (χ4v) is 3.64. The Bertz CT molecular complexity index is 420. The van der Waals surface area contributed by atoms with Gasteiger partial charge < -0.3 is 18.9 Å². The Kier molecular flexibility index (Phi) is 4.92. The molecule has 120 valence electrons. The van der Waals surface area contributed by atoms with Gasteiger partial charge in [0, 0.05) is 21.3 Å². The van der Waals surface area contributed by atoms with Crippen LogP contribution in [-0.2, 0) is 23.7 Å². The van der Waals surface area contributed by atoms with Crippen LogP contribution in [-0.4, -0.2) is 49.2 Å². The minimum absolute atomic E-state index is 0.178. The normalized spacial score (nSPS) is 32.6. The van der Waals surface area contributed by atoms with Crippen LogP contribution >= 0.6 is 0 Å². The van der Waals surface area contributed by atoms with Crippen LogP contribution in [0, 0.1) is 17.3 Å². The fourth-order valence-electron chi connectivity index (χ4n) is 3.31. The Labute approximate surface area is 129 Å². The zero-order valence-corrected chi connectivity index (χ0v) is 15.5. The van der Waals surface area contributed by atoms with E-state index in [4.69, 9.17) is 18.9 Å². The lowest BCUT2D eigenvalue weighted by molar-refractivity contribution is -0.218. The zero-order chi connectivity index (χ0) is 15.7. The van der Waals surface area contributed by atoms with E-state index in [1.165, 1.54) is 7.11 Å². The zero-order valence-electron chi connectivity index (χ0n) is 13.5. The minimum atomic E-state index is -0.698. The van der Waals surface area contributed by atoms with Crippen molar-refractivity contribution in [1.82, 2.24) is 0 Å². The number of fused-ring (bicyclic) bond motifs is 2. The lowest BCUT2D eigenvalue weighted by atomic mass is 9.78. The van der Waals surface area contributed by atoms with E-state index >= 15 is 0 Å². The number of carbonyl (C=O) groups is 1. The second kappa shape index (κ2) is 6.20. The molecule has 4 atom stereocenters. The highest BCUT2D eigenvalue weighted by molar-refractivity contribution is 6.13. The minimum Gasteiger partial charge on any atom is -0.435 e. The van der Waals surface area contributed by atoms with Crippen molar-refractivity contribution in [3.05, 3.63) is 12.2 Å². The van der Waals surface area contributed by atoms with E-state index in [0.29, 0.717) is 22.6 Å². The van der Waals surface area contributed by atoms with Gasteiger partial charge in [-0.2, -0.15) is 0 Å². The molecule has 1 fully saturated rings. The van der Waals surface area contributed by atoms with Crippen LogP contribution in [0.2, 0.25) is 0 Å². The van der Waals surface area contributed by atoms with Crippen molar-refractivity contribution in [2.24, 2.45) is 17.3 Å². The summed E-state index contributed by atoms with van der Waals surface area (Å²) in [6.45, 7) is 2.00. The molecule has 2 bridgehead atoms. The third-order valence-electron chi connectivity index (χ3n) is 5.05. The third-order valence-corrected chi connectivity index (χ3v) is 6.27. The quantitative estimate of drug-likeness (QED) is 0.301. The summed E-state index contributed by atoms with van der Waals surface area (Å²) in [5.74, 6) is 0.629. The van der Waals surface area contributed by atoms with Crippen molar-refractivity contribution < 1.29 is 23.7 Å². The molecule has 0 spiro atoms. The summed E-state index contributed by atoms with van der Waals surface area (Å²) in [7, 11) is 5.37. The number of rotatable bonds is 7. The molecule has 0 amide bonds. The molecule has 0 N–H and O–H groups in total. The predicted molar refractivity (Wildman–Crippen MR) is 81.7 cm³/mol. The number of methoxy groups -OCH3 is 3. The average Bonchev–Trinajstić information content (AvgIpc) is 3.07. The van der Waals surface area contributed by atoms with Crippen LogP contribution in [0.5, 0.6) is 0 Å². The summed E-state index contributed by atoms with van der Waals surface area (Å²) in [5, 5.41) is 0. The van der Waals surface area contributed by atoms with Gasteiger partial charge in [0.1, 0.15) is 5.41 Å². The standard InChI is InChI=1S/C15H26O5Si/c1-14(8-10-5-6-11(14)7-10)13(16)20-12(17-2)9-15(21,18-3)19-4/h5-6,10-12H,7-9H2,1-4,21H3. The molecule has 2 aliphatic carbocycles. The van der Waals surface area contributed by atoms with E-state index in [-0.39, 0.29) is 11.9 Å². The van der Waals surface area contributed by atoms with Crippen molar-refractivity contribution in [1.29, 1.82) is 0 Å². The Balaban J connectivity index is 1.99. The first-order valence-electron chi connectivity index (χ1n) is 7.39. The predicted octanol–water partition coefficient (Wildman–Crippen LogP) is 0.806. The first-order chi connectivity index (χ1) is 9.86. The Morgan fingerprint density at radius 1 is 1.38 bits per heavy atom. The Hall–Kier alpha value is -0.693. The SMILES string of the molecule is COC(CC([SiH3])(OC)OC)OC(=O)C1(C)CC2C=CC1C2. The molecule has 6 heteroatoms. The summed E-state index contributed by atoms with van der Waals surface area (Å²) in [4.78, 5) is 12.6. The summed E-state index contributed by atoms with van der Waals surface area (Å²) >= 11 is 0. The van der Waals surface area contributed by atoms with Gasteiger partial charge in [0.25, 0.3) is 0 Å². The van der Waals surface area contributed by atoms with Crippen LogP contribution in [0.15, 0.2) is 12.2 Å². The van der Waals surface area contributed by atoms with Crippen LogP contribution in [0.4, 0.5) is 0 Å². The van der Waals surface area contributed by atoms with Crippen LogP contribution < -0.4 is 0 Å². The molecule has 0 heterocycles. The second-order valence-electron chi connectivity index (χ2n) is 6.43. The molecule has 5 nitrogen and oxygen atoms in total. The highest BCUT2D eigenvalue weighted by atomic mass is 28.1. The molecular formula is C15H26O5Si. The van der Waals surface area contributed by atoms with Crippen molar-refractivity contribution in [3.8, 4) is 0 Å². The summed E-state index contributed by atoms with van der Waals surface area (Å²) in [6, 6.07) is 0. The number of ether oxygens (including phenoxy) is 4. The molecule has 0 aromatic heterocycles. The second-order valence-corrected chi connectivity index (χ2v) is 7.95. The Morgan fingerprint density at radius 3 is 2.48 bits per heavy atom. The van der Waals surface area contributed by atoms with Gasteiger partial charge in [-0.05, 0) is 31.6 Å². The van der Waals surface area contributed by atoms with Crippen LogP contribution in [0.25, 0.3) is 0 Å². The number of esters is 1. The number of hydrogen-bond acceptors (Lipinski definition) is 5. The van der Waals surface area contributed by atoms with Gasteiger partial charge in [-0.3, -0.25) is 4.79 Å². The van der Waals surface area contributed by atoms with Gasteiger partial charge in [-0.15, -0.1) is 0 Å². The molecule has 0 saturated heterocycles. The smallest absolute Gasteiger partial charge is 0.314 e. The van der Waals surface area contributed by atoms with Gasteiger partial charge in [-0.25, -0.2) is 0 Å². The van der Waals surface area contributed by atoms with Crippen molar-refractivity contribution >= 4 is 16.2 Å². The summed E-state index contributed by atoms with van der Waals surface area (Å²) in [6.07, 6.45) is 6.03. The van der Waals surface area contributed by atoms with Gasteiger partial charge in [0.2, 0.25) is 6.29 Å². The lowest BCUT2D eigenvalue weighted by Crippen LogP contribution is -2.42. The van der Waals surface area contributed by atoms with E-state index in [2.05, 4.69) is 12.2 Å². The van der Waals surface area contributed by atoms with E-state index in [9.17, 15) is 4.79 Å². The Morgan fingerprint density at radius 2 is 2.05 bits per heavy atom. The van der Waals surface area contributed by atoms with Gasteiger partial charge in [0.05, 0.1) is 22.1 Å². The molecule has 2 aliphatic rings. The van der Waals surface area contributed by atoms with Crippen molar-refractivity contribution in [2.45, 2.75) is 37.9 Å². The van der Waals surface area contributed by atoms with E-state index in [1.54, 1.807) is 14.2 Å². The van der Waals surface area contributed by atoms with Gasteiger partial charge >= 0.3 is 5.97 Å². The maximum absolute atomic E-state index is 12.6. The topological polar surface area (TPSA) is 54.0 Å². The largest absolute Gasteiger partial charge is 0.435 e. The highest BCUT2D eigenvalue weighted by Crippen LogP contribution is 2.52. The van der Waals surface area contributed by atoms with Crippen LogP contribution in [0.1, 0.15) is 26.2 Å². The van der Waals surface area contributed by atoms with Crippen molar-refractivity contribution in [2.75, 3.05) is 21.3 Å². The molecule has 0 aromatic rings. The molecular weight excluding hydrogens is 288 g/mol. The molecule has 21 heavy (non-hydrogen) atoms. The first kappa shape index (κ1) is 16.7. The van der Waals surface area contributed by atoms with E-state index in [1.807, 2.05) is 6.92 Å². The van der Waals surface area contributed by atoms with E-state index < -0.39 is 17.1 Å². The molecule has 0 aliphatic heterocycles. The third kappa shape index (κ3) is 3.23. The molecule has 0 aromatic carbocycles. The molecule has 2 rings (SSSR count). The maximum atomic E-state index is 12.6. The number of hydrogen-bond donors (Lipinski definition) is 0. The molecule has 1 saturated carbocycles. The maximum Gasteiger partial charge on any atom is 0.314 e. The monoisotopic (exact) mass is 314 g/mol. The van der Waals surface area contributed by atoms with Crippen LogP contribution in [0.3, 0.4) is 0 Å². The molecule has 0 radical (unpaired) electrons. The van der Waals surface area contributed by atoms with Gasteiger partial charge in [0.15, 0.2) is 0 Å². The average molecular weight is 314 g/mol. The molecule has 4 unspecified atom stereocenters.